The molecule has 0 saturated carbocycles. The molecule has 2 nitrogen and oxygen atoms in total. The standard InChI is InChI=1S/C13H18BrF2NO/c1-8(9(2)17-6-7-18-3)12-11(15)5-4-10(14)13(12)16/h4-5,8-9,17H,6-7H2,1-3H3. The number of halogens is 3. The number of rotatable bonds is 6. The van der Waals surface area contributed by atoms with Crippen LogP contribution in [0.25, 0.3) is 0 Å². The Morgan fingerprint density at radius 1 is 1.33 bits per heavy atom. The summed E-state index contributed by atoms with van der Waals surface area (Å²) in [6.07, 6.45) is 0. The molecule has 0 saturated heterocycles. The van der Waals surface area contributed by atoms with Crippen LogP contribution >= 0.6 is 15.9 Å². The van der Waals surface area contributed by atoms with Crippen LogP contribution in [0.1, 0.15) is 25.3 Å². The summed E-state index contributed by atoms with van der Waals surface area (Å²) in [7, 11) is 1.61. The molecule has 0 radical (unpaired) electrons. The van der Waals surface area contributed by atoms with Crippen molar-refractivity contribution in [3.63, 3.8) is 0 Å². The van der Waals surface area contributed by atoms with Crippen LogP contribution in [0.15, 0.2) is 16.6 Å². The van der Waals surface area contributed by atoms with E-state index >= 15 is 0 Å². The Balaban J connectivity index is 2.83. The molecule has 0 fully saturated rings. The lowest BCUT2D eigenvalue weighted by atomic mass is 9.93. The number of hydrogen-bond acceptors (Lipinski definition) is 2. The Bertz CT molecular complexity index is 401. The average Bonchev–Trinajstić information content (AvgIpc) is 2.34. The van der Waals surface area contributed by atoms with Gasteiger partial charge in [0.25, 0.3) is 0 Å². The maximum atomic E-state index is 13.9. The maximum absolute atomic E-state index is 13.9. The smallest absolute Gasteiger partial charge is 0.143 e. The number of hydrogen-bond donors (Lipinski definition) is 1. The summed E-state index contributed by atoms with van der Waals surface area (Å²) in [6.45, 7) is 4.93. The van der Waals surface area contributed by atoms with Gasteiger partial charge < -0.3 is 10.1 Å². The van der Waals surface area contributed by atoms with Crippen molar-refractivity contribution in [3.05, 3.63) is 33.8 Å². The van der Waals surface area contributed by atoms with Gasteiger partial charge in [-0.05, 0) is 35.0 Å². The number of ether oxygens (including phenoxy) is 1. The Morgan fingerprint density at radius 3 is 2.61 bits per heavy atom. The number of methoxy groups -OCH3 is 1. The van der Waals surface area contributed by atoms with Crippen LogP contribution in [-0.2, 0) is 4.74 Å². The molecule has 2 unspecified atom stereocenters. The fourth-order valence-electron chi connectivity index (χ4n) is 1.78. The number of benzene rings is 1. The molecule has 0 aliphatic heterocycles. The predicted octanol–water partition coefficient (Wildman–Crippen LogP) is 3.46. The van der Waals surface area contributed by atoms with Crippen molar-refractivity contribution in [1.29, 1.82) is 0 Å². The summed E-state index contributed by atoms with van der Waals surface area (Å²) in [6, 6.07) is 2.61. The molecule has 18 heavy (non-hydrogen) atoms. The predicted molar refractivity (Wildman–Crippen MR) is 71.8 cm³/mol. The third kappa shape index (κ3) is 3.73. The van der Waals surface area contributed by atoms with Crippen molar-refractivity contribution in [2.24, 2.45) is 0 Å². The minimum absolute atomic E-state index is 0.0431. The molecule has 0 aromatic heterocycles. The largest absolute Gasteiger partial charge is 0.383 e. The molecule has 1 aromatic rings. The second-order valence-corrected chi connectivity index (χ2v) is 5.14. The first-order valence-corrected chi connectivity index (χ1v) is 6.64. The highest BCUT2D eigenvalue weighted by atomic mass is 79.9. The van der Waals surface area contributed by atoms with Crippen molar-refractivity contribution >= 4 is 15.9 Å². The van der Waals surface area contributed by atoms with Crippen LogP contribution < -0.4 is 5.32 Å². The van der Waals surface area contributed by atoms with E-state index in [1.165, 1.54) is 12.1 Å². The molecule has 2 atom stereocenters. The van der Waals surface area contributed by atoms with E-state index in [2.05, 4.69) is 21.2 Å². The van der Waals surface area contributed by atoms with Gasteiger partial charge in [-0.1, -0.05) is 6.92 Å². The fourth-order valence-corrected chi connectivity index (χ4v) is 2.12. The molecule has 0 heterocycles. The van der Waals surface area contributed by atoms with Gasteiger partial charge in [-0.2, -0.15) is 0 Å². The summed E-state index contributed by atoms with van der Waals surface area (Å²) >= 11 is 3.08. The monoisotopic (exact) mass is 321 g/mol. The van der Waals surface area contributed by atoms with Crippen LogP contribution in [0.4, 0.5) is 8.78 Å². The summed E-state index contributed by atoms with van der Waals surface area (Å²) < 4.78 is 32.9. The van der Waals surface area contributed by atoms with E-state index in [0.29, 0.717) is 13.2 Å². The quantitative estimate of drug-likeness (QED) is 0.640. The summed E-state index contributed by atoms with van der Waals surface area (Å²) in [4.78, 5) is 0. The Morgan fingerprint density at radius 2 is 2.00 bits per heavy atom. The molecule has 102 valence electrons. The maximum Gasteiger partial charge on any atom is 0.143 e. The van der Waals surface area contributed by atoms with E-state index in [4.69, 9.17) is 4.74 Å². The van der Waals surface area contributed by atoms with E-state index < -0.39 is 11.6 Å². The van der Waals surface area contributed by atoms with E-state index in [1.807, 2.05) is 6.92 Å². The molecule has 0 bridgehead atoms. The van der Waals surface area contributed by atoms with E-state index in [1.54, 1.807) is 14.0 Å². The lowest BCUT2D eigenvalue weighted by Gasteiger charge is -2.23. The Kier molecular flexibility index (Phi) is 6.18. The van der Waals surface area contributed by atoms with Gasteiger partial charge in [0.1, 0.15) is 11.6 Å². The highest BCUT2D eigenvalue weighted by Gasteiger charge is 2.22. The van der Waals surface area contributed by atoms with Gasteiger partial charge in [0.05, 0.1) is 11.1 Å². The van der Waals surface area contributed by atoms with Crippen LogP contribution in [0, 0.1) is 11.6 Å². The topological polar surface area (TPSA) is 21.3 Å². The van der Waals surface area contributed by atoms with E-state index in [-0.39, 0.29) is 22.0 Å². The zero-order valence-electron chi connectivity index (χ0n) is 10.8. The summed E-state index contributed by atoms with van der Waals surface area (Å²) in [5.41, 5.74) is 0.113. The van der Waals surface area contributed by atoms with Crippen molar-refractivity contribution in [2.45, 2.75) is 25.8 Å². The fraction of sp³-hybridized carbons (Fsp3) is 0.538. The van der Waals surface area contributed by atoms with Gasteiger partial charge >= 0.3 is 0 Å². The van der Waals surface area contributed by atoms with Gasteiger partial charge in [0, 0.05) is 31.2 Å². The molecule has 5 heteroatoms. The third-order valence-electron chi connectivity index (χ3n) is 3.06. The average molecular weight is 322 g/mol. The van der Waals surface area contributed by atoms with E-state index in [9.17, 15) is 8.78 Å². The van der Waals surface area contributed by atoms with Crippen molar-refractivity contribution in [3.8, 4) is 0 Å². The van der Waals surface area contributed by atoms with Gasteiger partial charge in [-0.3, -0.25) is 0 Å². The molecule has 1 aromatic carbocycles. The molecule has 0 amide bonds. The SMILES string of the molecule is COCCNC(C)C(C)c1c(F)ccc(Br)c1F. The van der Waals surface area contributed by atoms with Gasteiger partial charge in [-0.25, -0.2) is 8.78 Å². The second kappa shape index (κ2) is 7.16. The van der Waals surface area contributed by atoms with Crippen molar-refractivity contribution in [2.75, 3.05) is 20.3 Å². The first-order chi connectivity index (χ1) is 8.49. The summed E-state index contributed by atoms with van der Waals surface area (Å²) in [5, 5.41) is 3.18. The first-order valence-electron chi connectivity index (χ1n) is 5.84. The molecule has 0 aliphatic rings. The minimum atomic E-state index is -0.525. The minimum Gasteiger partial charge on any atom is -0.383 e. The molecular formula is C13H18BrF2NO. The van der Waals surface area contributed by atoms with Crippen LogP contribution in [0.3, 0.4) is 0 Å². The van der Waals surface area contributed by atoms with Crippen LogP contribution in [0.5, 0.6) is 0 Å². The van der Waals surface area contributed by atoms with E-state index in [0.717, 1.165) is 0 Å². The Labute approximate surface area is 115 Å². The van der Waals surface area contributed by atoms with Crippen molar-refractivity contribution in [1.82, 2.24) is 5.32 Å². The summed E-state index contributed by atoms with van der Waals surface area (Å²) in [5.74, 6) is -1.30. The van der Waals surface area contributed by atoms with Crippen LogP contribution in [-0.4, -0.2) is 26.3 Å². The zero-order valence-corrected chi connectivity index (χ0v) is 12.4. The molecule has 1 N–H and O–H groups in total. The van der Waals surface area contributed by atoms with Crippen LogP contribution in [0.2, 0.25) is 0 Å². The molecular weight excluding hydrogens is 304 g/mol. The highest BCUT2D eigenvalue weighted by molar-refractivity contribution is 9.10. The molecule has 0 spiro atoms. The number of nitrogens with one attached hydrogen (secondary N) is 1. The van der Waals surface area contributed by atoms with Gasteiger partial charge in [0.15, 0.2) is 0 Å². The third-order valence-corrected chi connectivity index (χ3v) is 3.67. The molecule has 1 rings (SSSR count). The zero-order chi connectivity index (χ0) is 13.7. The van der Waals surface area contributed by atoms with Gasteiger partial charge in [-0.15, -0.1) is 0 Å². The normalized spacial score (nSPS) is 14.6. The van der Waals surface area contributed by atoms with Gasteiger partial charge in [0.2, 0.25) is 0 Å². The lowest BCUT2D eigenvalue weighted by molar-refractivity contribution is 0.195. The highest BCUT2D eigenvalue weighted by Crippen LogP contribution is 2.29. The Hall–Kier alpha value is -0.520. The van der Waals surface area contributed by atoms with Crippen molar-refractivity contribution < 1.29 is 13.5 Å². The lowest BCUT2D eigenvalue weighted by Crippen LogP contribution is -2.34. The first kappa shape index (κ1) is 15.5. The molecule has 0 aliphatic carbocycles. The second-order valence-electron chi connectivity index (χ2n) is 4.28.